The number of hydrogen-bond donors (Lipinski definition) is 1. The minimum Gasteiger partial charge on any atom is -0.468 e. The van der Waals surface area contributed by atoms with Crippen LogP contribution in [0.3, 0.4) is 0 Å². The first-order chi connectivity index (χ1) is 10.1. The maximum atomic E-state index is 11.2. The van der Waals surface area contributed by atoms with Crippen molar-refractivity contribution in [1.82, 2.24) is 4.98 Å². The number of hydrogen-bond acceptors (Lipinski definition) is 5. The van der Waals surface area contributed by atoms with E-state index < -0.39 is 0 Å². The van der Waals surface area contributed by atoms with Gasteiger partial charge in [0.1, 0.15) is 11.6 Å². The van der Waals surface area contributed by atoms with Crippen LogP contribution in [0, 0.1) is 0 Å². The lowest BCUT2D eigenvalue weighted by molar-refractivity contribution is -0.138. The van der Waals surface area contributed by atoms with Gasteiger partial charge in [-0.15, -0.1) is 0 Å². The number of pyridine rings is 1. The molecule has 0 saturated heterocycles. The van der Waals surface area contributed by atoms with Gasteiger partial charge in [0.2, 0.25) is 5.88 Å². The van der Waals surface area contributed by atoms with Crippen molar-refractivity contribution in [2.45, 2.75) is 0 Å². The number of anilines is 1. The van der Waals surface area contributed by atoms with E-state index in [1.807, 2.05) is 6.07 Å². The van der Waals surface area contributed by atoms with Crippen molar-refractivity contribution in [3.63, 3.8) is 0 Å². The summed E-state index contributed by atoms with van der Waals surface area (Å²) in [5.74, 6) is 0.332. The highest BCUT2D eigenvalue weighted by Crippen LogP contribution is 2.32. The summed E-state index contributed by atoms with van der Waals surface area (Å²) < 4.78 is 10.2. The summed E-state index contributed by atoms with van der Waals surface area (Å²) in [4.78, 5) is 15.2. The molecular weight excluding hydrogens is 315 g/mol. The van der Waals surface area contributed by atoms with E-state index in [4.69, 9.17) is 27.9 Å². The number of para-hydroxylation sites is 2. The maximum absolute atomic E-state index is 11.2. The first kappa shape index (κ1) is 15.4. The lowest BCUT2D eigenvalue weighted by atomic mass is 10.3. The topological polar surface area (TPSA) is 60.5 Å². The zero-order chi connectivity index (χ0) is 15.2. The van der Waals surface area contributed by atoms with Crippen molar-refractivity contribution in [2.24, 2.45) is 0 Å². The van der Waals surface area contributed by atoms with Crippen LogP contribution in [-0.4, -0.2) is 24.6 Å². The smallest absolute Gasteiger partial charge is 0.325 e. The Bertz CT molecular complexity index is 650. The normalized spacial score (nSPS) is 10.0. The fourth-order valence-corrected chi connectivity index (χ4v) is 1.94. The summed E-state index contributed by atoms with van der Waals surface area (Å²) in [6, 6.07) is 8.64. The minimum absolute atomic E-state index is 0.0264. The van der Waals surface area contributed by atoms with E-state index in [0.717, 1.165) is 0 Å². The summed E-state index contributed by atoms with van der Waals surface area (Å²) in [5.41, 5.74) is 0.621. The van der Waals surface area contributed by atoms with Crippen molar-refractivity contribution in [1.29, 1.82) is 0 Å². The Kier molecular flexibility index (Phi) is 5.25. The first-order valence-electron chi connectivity index (χ1n) is 5.98. The van der Waals surface area contributed by atoms with E-state index in [1.165, 1.54) is 19.4 Å². The average molecular weight is 327 g/mol. The predicted molar refractivity (Wildman–Crippen MR) is 81.3 cm³/mol. The highest BCUT2D eigenvalue weighted by atomic mass is 35.5. The third-order valence-corrected chi connectivity index (χ3v) is 3.00. The molecule has 7 heteroatoms. The summed E-state index contributed by atoms with van der Waals surface area (Å²) in [7, 11) is 1.32. The van der Waals surface area contributed by atoms with E-state index >= 15 is 0 Å². The number of carbonyl (C=O) groups is 1. The van der Waals surface area contributed by atoms with Crippen molar-refractivity contribution < 1.29 is 14.3 Å². The van der Waals surface area contributed by atoms with Gasteiger partial charge in [0.05, 0.1) is 17.8 Å². The van der Waals surface area contributed by atoms with Gasteiger partial charge in [-0.3, -0.25) is 4.79 Å². The van der Waals surface area contributed by atoms with Gasteiger partial charge in [0.15, 0.2) is 5.75 Å². The summed E-state index contributed by atoms with van der Waals surface area (Å²) in [5, 5.41) is 3.64. The fraction of sp³-hybridized carbons (Fsp3) is 0.143. The third kappa shape index (κ3) is 4.24. The summed E-state index contributed by atoms with van der Waals surface area (Å²) >= 11 is 11.8. The van der Waals surface area contributed by atoms with E-state index in [-0.39, 0.29) is 18.4 Å². The van der Waals surface area contributed by atoms with Crippen LogP contribution in [0.4, 0.5) is 5.69 Å². The van der Waals surface area contributed by atoms with Crippen LogP contribution in [0.5, 0.6) is 11.6 Å². The molecule has 0 amide bonds. The van der Waals surface area contributed by atoms with Gasteiger partial charge in [-0.1, -0.05) is 35.3 Å². The Morgan fingerprint density at radius 1 is 1.33 bits per heavy atom. The highest BCUT2D eigenvalue weighted by molar-refractivity contribution is 6.35. The molecular formula is C14H12Cl2N2O3. The highest BCUT2D eigenvalue weighted by Gasteiger charge is 2.10. The van der Waals surface area contributed by atoms with Crippen LogP contribution in [0.25, 0.3) is 0 Å². The fourth-order valence-electron chi connectivity index (χ4n) is 1.52. The van der Waals surface area contributed by atoms with Crippen LogP contribution >= 0.6 is 23.2 Å². The second-order valence-corrected chi connectivity index (χ2v) is 4.81. The van der Waals surface area contributed by atoms with Gasteiger partial charge < -0.3 is 14.8 Å². The largest absolute Gasteiger partial charge is 0.468 e. The molecule has 0 aliphatic carbocycles. The zero-order valence-corrected chi connectivity index (χ0v) is 12.6. The monoisotopic (exact) mass is 326 g/mol. The molecule has 0 radical (unpaired) electrons. The molecule has 5 nitrogen and oxygen atoms in total. The molecule has 0 atom stereocenters. The molecule has 2 aromatic rings. The van der Waals surface area contributed by atoms with Gasteiger partial charge in [-0.05, 0) is 18.2 Å². The van der Waals surface area contributed by atoms with E-state index in [0.29, 0.717) is 21.5 Å². The Morgan fingerprint density at radius 3 is 2.81 bits per heavy atom. The molecule has 110 valence electrons. The molecule has 0 unspecified atom stereocenters. The maximum Gasteiger partial charge on any atom is 0.325 e. The van der Waals surface area contributed by atoms with Crippen molar-refractivity contribution >= 4 is 34.9 Å². The van der Waals surface area contributed by atoms with Gasteiger partial charge in [0.25, 0.3) is 0 Å². The lowest BCUT2D eigenvalue weighted by Gasteiger charge is -2.12. The SMILES string of the molecule is COC(=O)CNc1ccccc1Oc1ncc(Cl)cc1Cl. The molecule has 0 aliphatic heterocycles. The van der Waals surface area contributed by atoms with Gasteiger partial charge in [-0.2, -0.15) is 0 Å². The molecule has 0 spiro atoms. The molecule has 1 aromatic carbocycles. The summed E-state index contributed by atoms with van der Waals surface area (Å²) in [6.07, 6.45) is 1.44. The number of rotatable bonds is 5. The van der Waals surface area contributed by atoms with Gasteiger partial charge >= 0.3 is 5.97 Å². The molecule has 21 heavy (non-hydrogen) atoms. The standard InChI is InChI=1S/C14H12Cl2N2O3/c1-20-13(19)8-17-11-4-2-3-5-12(11)21-14-10(16)6-9(15)7-18-14/h2-7,17H,8H2,1H3. The molecule has 0 aliphatic rings. The van der Waals surface area contributed by atoms with E-state index in [2.05, 4.69) is 15.0 Å². The Labute approximate surface area is 131 Å². The average Bonchev–Trinajstić information content (AvgIpc) is 2.48. The zero-order valence-electron chi connectivity index (χ0n) is 11.1. The van der Waals surface area contributed by atoms with Crippen LogP contribution in [-0.2, 0) is 9.53 Å². The second-order valence-electron chi connectivity index (χ2n) is 3.97. The number of benzene rings is 1. The van der Waals surface area contributed by atoms with Gasteiger partial charge in [-0.25, -0.2) is 4.98 Å². The number of methoxy groups -OCH3 is 1. The molecule has 1 N–H and O–H groups in total. The molecule has 0 saturated carbocycles. The quantitative estimate of drug-likeness (QED) is 0.847. The third-order valence-electron chi connectivity index (χ3n) is 2.52. The van der Waals surface area contributed by atoms with Crippen molar-refractivity contribution in [3.05, 3.63) is 46.6 Å². The first-order valence-corrected chi connectivity index (χ1v) is 6.74. The number of nitrogens with zero attached hydrogens (tertiary/aromatic N) is 1. The molecule has 1 heterocycles. The van der Waals surface area contributed by atoms with Crippen LogP contribution < -0.4 is 10.1 Å². The number of halogens is 2. The molecule has 0 bridgehead atoms. The molecule has 0 fully saturated rings. The van der Waals surface area contributed by atoms with Crippen LogP contribution in [0.15, 0.2) is 36.5 Å². The minimum atomic E-state index is -0.382. The lowest BCUT2D eigenvalue weighted by Crippen LogP contribution is -2.15. The van der Waals surface area contributed by atoms with Crippen molar-refractivity contribution in [2.75, 3.05) is 19.0 Å². The van der Waals surface area contributed by atoms with Gasteiger partial charge in [0, 0.05) is 6.20 Å². The number of esters is 1. The molecule has 1 aromatic heterocycles. The van der Waals surface area contributed by atoms with Crippen LogP contribution in [0.2, 0.25) is 10.0 Å². The van der Waals surface area contributed by atoms with E-state index in [9.17, 15) is 4.79 Å². The number of nitrogens with one attached hydrogen (secondary N) is 1. The molecule has 2 rings (SSSR count). The second kappa shape index (κ2) is 7.15. The van der Waals surface area contributed by atoms with Crippen LogP contribution in [0.1, 0.15) is 0 Å². The Hall–Kier alpha value is -1.98. The Morgan fingerprint density at radius 2 is 2.10 bits per heavy atom. The van der Waals surface area contributed by atoms with Crippen molar-refractivity contribution in [3.8, 4) is 11.6 Å². The predicted octanol–water partition coefficient (Wildman–Crippen LogP) is 3.77. The number of ether oxygens (including phenoxy) is 2. The Balaban J connectivity index is 2.18. The van der Waals surface area contributed by atoms with E-state index in [1.54, 1.807) is 18.2 Å². The summed E-state index contributed by atoms with van der Waals surface area (Å²) in [6.45, 7) is 0.0264. The number of aromatic nitrogens is 1. The number of carbonyl (C=O) groups excluding carboxylic acids is 1.